The van der Waals surface area contributed by atoms with Crippen LogP contribution in [0.15, 0.2) is 57.5 Å². The van der Waals surface area contributed by atoms with Crippen LogP contribution in [0.3, 0.4) is 0 Å². The fourth-order valence-corrected chi connectivity index (χ4v) is 3.27. The zero-order valence-electron chi connectivity index (χ0n) is 15.1. The van der Waals surface area contributed by atoms with Gasteiger partial charge in [-0.25, -0.2) is 0 Å². The lowest BCUT2D eigenvalue weighted by atomic mass is 9.83. The lowest BCUT2D eigenvalue weighted by molar-refractivity contribution is 0.0979. The molecule has 0 unspecified atom stereocenters. The number of carbonyl (C=O) groups excluding carboxylic acids is 2. The third kappa shape index (κ3) is 2.73. The van der Waals surface area contributed by atoms with E-state index < -0.39 is 11.4 Å². The van der Waals surface area contributed by atoms with E-state index in [0.717, 1.165) is 0 Å². The summed E-state index contributed by atoms with van der Waals surface area (Å²) in [6.07, 6.45) is 0. The van der Waals surface area contributed by atoms with Crippen molar-refractivity contribution >= 4 is 22.9 Å². The molecule has 0 amide bonds. The molecule has 0 spiro atoms. The Morgan fingerprint density at radius 3 is 2.28 bits per heavy atom. The van der Waals surface area contributed by atoms with Gasteiger partial charge in [-0.05, 0) is 13.0 Å². The lowest BCUT2D eigenvalue weighted by Crippen LogP contribution is -2.20. The van der Waals surface area contributed by atoms with Crippen LogP contribution in [0.1, 0.15) is 43.0 Å². The zero-order valence-corrected chi connectivity index (χ0v) is 15.1. The summed E-state index contributed by atoms with van der Waals surface area (Å²) >= 11 is 0. The maximum atomic E-state index is 13.0. The highest BCUT2D eigenvalue weighted by atomic mass is 16.3. The Bertz CT molecular complexity index is 1350. The number of carbonyl (C=O) groups is 2. The van der Waals surface area contributed by atoms with Gasteiger partial charge in [0, 0.05) is 22.3 Å². The average Bonchev–Trinajstić information content (AvgIpc) is 2.71. The second kappa shape index (κ2) is 6.65. The van der Waals surface area contributed by atoms with Crippen molar-refractivity contribution in [2.45, 2.75) is 6.92 Å². The number of aromatic nitrogens is 1. The number of nitrogens with one attached hydrogen (secondary N) is 1. The van der Waals surface area contributed by atoms with Gasteiger partial charge < -0.3 is 5.11 Å². The monoisotopic (exact) mass is 384 g/mol. The Labute approximate surface area is 163 Å². The number of hydrogen-bond donors (Lipinski definition) is 2. The largest absolute Gasteiger partial charge is 0.494 e. The topological polar surface area (TPSA) is 136 Å². The molecular weight excluding hydrogens is 372 g/mol. The van der Waals surface area contributed by atoms with Crippen molar-refractivity contribution in [1.82, 2.24) is 4.98 Å². The van der Waals surface area contributed by atoms with E-state index in [1.165, 1.54) is 19.1 Å². The van der Waals surface area contributed by atoms with E-state index in [0.29, 0.717) is 5.56 Å². The highest BCUT2D eigenvalue weighted by Crippen LogP contribution is 2.34. The summed E-state index contributed by atoms with van der Waals surface area (Å²) < 4.78 is 0. The van der Waals surface area contributed by atoms with Crippen LogP contribution in [-0.4, -0.2) is 21.7 Å². The predicted molar refractivity (Wildman–Crippen MR) is 102 cm³/mol. The maximum Gasteiger partial charge on any atom is 0.278 e. The number of aromatic amines is 1. The first-order valence-electron chi connectivity index (χ1n) is 8.53. The van der Waals surface area contributed by atoms with Crippen LogP contribution in [0.4, 0.5) is 11.4 Å². The second-order valence-corrected chi connectivity index (χ2v) is 6.37. The summed E-state index contributed by atoms with van der Waals surface area (Å²) in [7, 11) is 0. The van der Waals surface area contributed by atoms with Crippen molar-refractivity contribution in [3.8, 4) is 11.9 Å². The normalized spacial score (nSPS) is 12.6. The first kappa shape index (κ1) is 18.0. The first-order chi connectivity index (χ1) is 13.9. The van der Waals surface area contributed by atoms with Gasteiger partial charge in [-0.2, -0.15) is 5.26 Å². The predicted octanol–water partition coefficient (Wildman–Crippen LogP) is 3.45. The molecule has 0 bridgehead atoms. The van der Waals surface area contributed by atoms with Crippen molar-refractivity contribution in [3.63, 3.8) is 0 Å². The molecule has 0 atom stereocenters. The summed E-state index contributed by atoms with van der Waals surface area (Å²) in [6.45, 7) is 1.45. The van der Waals surface area contributed by atoms with Crippen LogP contribution in [0.25, 0.3) is 0 Å². The molecule has 0 saturated heterocycles. The number of aromatic hydroxyl groups is 1. The Balaban J connectivity index is 1.87. The van der Waals surface area contributed by atoms with Crippen molar-refractivity contribution in [2.24, 2.45) is 10.2 Å². The van der Waals surface area contributed by atoms with Gasteiger partial charge >= 0.3 is 0 Å². The summed E-state index contributed by atoms with van der Waals surface area (Å²) in [5.74, 6) is -1.21. The molecule has 0 fully saturated rings. The summed E-state index contributed by atoms with van der Waals surface area (Å²) in [5, 5.41) is 26.7. The van der Waals surface area contributed by atoms with Gasteiger partial charge in [-0.1, -0.05) is 36.4 Å². The number of nitriles is 1. The fraction of sp³-hybridized carbons (Fsp3) is 0.0476. The molecule has 4 rings (SSSR count). The molecule has 8 heteroatoms. The van der Waals surface area contributed by atoms with E-state index in [9.17, 15) is 19.5 Å². The Morgan fingerprint density at radius 1 is 0.931 bits per heavy atom. The van der Waals surface area contributed by atoms with E-state index in [-0.39, 0.29) is 50.8 Å². The molecule has 2 aromatic carbocycles. The third-order valence-electron chi connectivity index (χ3n) is 4.71. The van der Waals surface area contributed by atoms with Crippen molar-refractivity contribution in [2.75, 3.05) is 0 Å². The zero-order chi connectivity index (χ0) is 20.7. The Morgan fingerprint density at radius 2 is 1.59 bits per heavy atom. The molecule has 140 valence electrons. The standard InChI is InChI=1S/C21H12N4O4/c1-10-14(9-22)20(28)23-21(29)17(10)25-24-15-8-4-7-13-16(15)19(27)12-6-3-2-5-11(12)18(13)26/h2-8H,1H3,(H2,23,28,29). The van der Waals surface area contributed by atoms with Gasteiger partial charge in [-0.3, -0.25) is 19.4 Å². The number of benzene rings is 2. The van der Waals surface area contributed by atoms with Crippen LogP contribution >= 0.6 is 0 Å². The molecule has 0 radical (unpaired) electrons. The fourth-order valence-electron chi connectivity index (χ4n) is 3.27. The summed E-state index contributed by atoms with van der Waals surface area (Å²) in [6, 6.07) is 12.9. The highest BCUT2D eigenvalue weighted by molar-refractivity contribution is 6.29. The van der Waals surface area contributed by atoms with Crippen molar-refractivity contribution < 1.29 is 14.7 Å². The molecular formula is C21H12N4O4. The molecule has 1 heterocycles. The smallest absolute Gasteiger partial charge is 0.278 e. The molecule has 1 aliphatic carbocycles. The number of azo groups is 1. The summed E-state index contributed by atoms with van der Waals surface area (Å²) in [4.78, 5) is 40.0. The Hall–Kier alpha value is -4.38. The second-order valence-electron chi connectivity index (χ2n) is 6.37. The van der Waals surface area contributed by atoms with E-state index in [2.05, 4.69) is 15.2 Å². The van der Waals surface area contributed by atoms with Crippen LogP contribution in [0, 0.1) is 18.3 Å². The van der Waals surface area contributed by atoms with E-state index >= 15 is 0 Å². The number of fused-ring (bicyclic) bond motifs is 2. The third-order valence-corrected chi connectivity index (χ3v) is 4.71. The van der Waals surface area contributed by atoms with E-state index in [1.54, 1.807) is 36.4 Å². The van der Waals surface area contributed by atoms with Gasteiger partial charge in [0.15, 0.2) is 17.3 Å². The van der Waals surface area contributed by atoms with Crippen LogP contribution in [0.2, 0.25) is 0 Å². The van der Waals surface area contributed by atoms with Gasteiger partial charge in [0.2, 0.25) is 5.88 Å². The number of pyridine rings is 1. The minimum Gasteiger partial charge on any atom is -0.494 e. The van der Waals surface area contributed by atoms with Crippen LogP contribution in [-0.2, 0) is 0 Å². The molecule has 1 aliphatic rings. The van der Waals surface area contributed by atoms with Crippen LogP contribution in [0.5, 0.6) is 5.88 Å². The number of H-pyrrole nitrogens is 1. The molecule has 1 aromatic heterocycles. The van der Waals surface area contributed by atoms with Gasteiger partial charge in [0.1, 0.15) is 11.6 Å². The molecule has 0 saturated carbocycles. The first-order valence-corrected chi connectivity index (χ1v) is 8.53. The number of nitrogens with zero attached hydrogens (tertiary/aromatic N) is 3. The number of ketones is 2. The van der Waals surface area contributed by atoms with E-state index in [4.69, 9.17) is 5.26 Å². The van der Waals surface area contributed by atoms with Crippen molar-refractivity contribution in [1.29, 1.82) is 5.26 Å². The molecule has 29 heavy (non-hydrogen) atoms. The van der Waals surface area contributed by atoms with Gasteiger partial charge in [-0.15, -0.1) is 10.2 Å². The lowest BCUT2D eigenvalue weighted by Gasteiger charge is -2.18. The SMILES string of the molecule is Cc1c(C#N)c(O)[nH]c(=O)c1N=Nc1cccc2c1C(=O)c1ccccc1C2=O. The quantitative estimate of drug-likeness (QED) is 0.510. The van der Waals surface area contributed by atoms with Crippen LogP contribution < -0.4 is 5.56 Å². The number of rotatable bonds is 2. The average molecular weight is 384 g/mol. The summed E-state index contributed by atoms with van der Waals surface area (Å²) in [5.41, 5.74) is 0.144. The Kier molecular flexibility index (Phi) is 4.13. The maximum absolute atomic E-state index is 13.0. The minimum absolute atomic E-state index is 0.105. The van der Waals surface area contributed by atoms with E-state index in [1.807, 2.05) is 0 Å². The molecule has 0 aliphatic heterocycles. The highest BCUT2D eigenvalue weighted by Gasteiger charge is 2.31. The molecule has 2 N–H and O–H groups in total. The van der Waals surface area contributed by atoms with Gasteiger partial charge in [0.05, 0.1) is 11.3 Å². The minimum atomic E-state index is -0.736. The molecule has 3 aromatic rings. The number of hydrogen-bond acceptors (Lipinski definition) is 7. The van der Waals surface area contributed by atoms with Gasteiger partial charge in [0.25, 0.3) is 5.56 Å². The van der Waals surface area contributed by atoms with Crippen molar-refractivity contribution in [3.05, 3.63) is 86.2 Å². The molecule has 8 nitrogen and oxygen atoms in total.